The summed E-state index contributed by atoms with van der Waals surface area (Å²) in [5.74, 6) is -0.422. The Kier molecular flexibility index (Phi) is 3.90. The average Bonchev–Trinajstić information content (AvgIpc) is 2.43. The zero-order valence-electron chi connectivity index (χ0n) is 12.4. The van der Waals surface area contributed by atoms with E-state index >= 15 is 0 Å². The number of nitrogen functional groups attached to an aromatic ring is 1. The molecule has 0 heterocycles. The highest BCUT2D eigenvalue weighted by Gasteiger charge is 2.48. The van der Waals surface area contributed by atoms with Crippen molar-refractivity contribution in [1.29, 1.82) is 0 Å². The Morgan fingerprint density at radius 3 is 2.65 bits per heavy atom. The molecule has 3 N–H and O–H groups in total. The summed E-state index contributed by atoms with van der Waals surface area (Å²) in [4.78, 5) is 11.6. The van der Waals surface area contributed by atoms with Crippen molar-refractivity contribution >= 4 is 17.3 Å². The van der Waals surface area contributed by atoms with Gasteiger partial charge in [-0.3, -0.25) is 0 Å². The molecule has 1 aliphatic carbocycles. The topological polar surface area (TPSA) is 73.6 Å². The SMILES string of the molecule is COC(=O)c1cc(NC2CC(OC)C2(C)C)ccc1N. The summed E-state index contributed by atoms with van der Waals surface area (Å²) in [5, 5.41) is 3.44. The van der Waals surface area contributed by atoms with Crippen molar-refractivity contribution in [1.82, 2.24) is 0 Å². The molecule has 1 saturated carbocycles. The first kappa shape index (κ1) is 14.7. The molecule has 1 aromatic carbocycles. The second kappa shape index (κ2) is 5.32. The van der Waals surface area contributed by atoms with Gasteiger partial charge < -0.3 is 20.5 Å². The van der Waals surface area contributed by atoms with E-state index in [-0.39, 0.29) is 11.5 Å². The molecule has 1 aromatic rings. The van der Waals surface area contributed by atoms with Crippen molar-refractivity contribution in [3.05, 3.63) is 23.8 Å². The van der Waals surface area contributed by atoms with Crippen molar-refractivity contribution in [2.24, 2.45) is 5.41 Å². The molecule has 0 aliphatic heterocycles. The summed E-state index contributed by atoms with van der Waals surface area (Å²) in [6.45, 7) is 4.34. The van der Waals surface area contributed by atoms with Gasteiger partial charge in [0.2, 0.25) is 0 Å². The van der Waals surface area contributed by atoms with Crippen molar-refractivity contribution < 1.29 is 14.3 Å². The van der Waals surface area contributed by atoms with Crippen LogP contribution in [0.25, 0.3) is 0 Å². The normalized spacial score (nSPS) is 23.8. The van der Waals surface area contributed by atoms with Crippen molar-refractivity contribution in [3.63, 3.8) is 0 Å². The van der Waals surface area contributed by atoms with Crippen LogP contribution in [0.1, 0.15) is 30.6 Å². The lowest BCUT2D eigenvalue weighted by molar-refractivity contribution is -0.0794. The van der Waals surface area contributed by atoms with E-state index in [1.54, 1.807) is 19.2 Å². The summed E-state index contributed by atoms with van der Waals surface area (Å²) in [7, 11) is 3.08. The molecule has 20 heavy (non-hydrogen) atoms. The molecule has 0 spiro atoms. The molecular weight excluding hydrogens is 256 g/mol. The van der Waals surface area contributed by atoms with Crippen LogP contribution in [-0.4, -0.2) is 32.3 Å². The van der Waals surface area contributed by atoms with E-state index in [9.17, 15) is 4.79 Å². The van der Waals surface area contributed by atoms with Crippen LogP contribution in [0.3, 0.4) is 0 Å². The van der Waals surface area contributed by atoms with E-state index in [1.165, 1.54) is 7.11 Å². The maximum absolute atomic E-state index is 11.6. The second-order valence-corrected chi connectivity index (χ2v) is 5.77. The minimum Gasteiger partial charge on any atom is -0.465 e. The van der Waals surface area contributed by atoms with Crippen LogP contribution in [0, 0.1) is 5.41 Å². The number of rotatable bonds is 4. The highest BCUT2D eigenvalue weighted by atomic mass is 16.5. The van der Waals surface area contributed by atoms with Crippen molar-refractivity contribution in [3.8, 4) is 0 Å². The number of hydrogen-bond donors (Lipinski definition) is 2. The summed E-state index contributed by atoms with van der Waals surface area (Å²) in [6, 6.07) is 5.63. The zero-order chi connectivity index (χ0) is 14.9. The number of carbonyl (C=O) groups excluding carboxylic acids is 1. The maximum atomic E-state index is 11.6. The molecule has 2 rings (SSSR count). The van der Waals surface area contributed by atoms with E-state index in [0.29, 0.717) is 17.3 Å². The smallest absolute Gasteiger partial charge is 0.340 e. The number of nitrogens with two attached hydrogens (primary N) is 1. The lowest BCUT2D eigenvalue weighted by Crippen LogP contribution is -2.57. The van der Waals surface area contributed by atoms with Gasteiger partial charge in [0, 0.05) is 29.9 Å². The van der Waals surface area contributed by atoms with E-state index in [4.69, 9.17) is 15.2 Å². The molecule has 0 radical (unpaired) electrons. The molecular formula is C15H22N2O3. The Labute approximate surface area is 119 Å². The number of ether oxygens (including phenoxy) is 2. The van der Waals surface area contributed by atoms with Gasteiger partial charge in [-0.15, -0.1) is 0 Å². The van der Waals surface area contributed by atoms with Crippen LogP contribution in [0.5, 0.6) is 0 Å². The average molecular weight is 278 g/mol. The Morgan fingerprint density at radius 1 is 1.40 bits per heavy atom. The number of carbonyl (C=O) groups is 1. The first-order valence-electron chi connectivity index (χ1n) is 6.67. The Hall–Kier alpha value is -1.75. The highest BCUT2D eigenvalue weighted by Crippen LogP contribution is 2.44. The molecule has 110 valence electrons. The second-order valence-electron chi connectivity index (χ2n) is 5.77. The minimum absolute atomic E-state index is 0.0571. The van der Waals surface area contributed by atoms with Gasteiger partial charge in [-0.1, -0.05) is 13.8 Å². The largest absolute Gasteiger partial charge is 0.465 e. The number of benzene rings is 1. The highest BCUT2D eigenvalue weighted by molar-refractivity contribution is 5.96. The van der Waals surface area contributed by atoms with E-state index in [0.717, 1.165) is 12.1 Å². The summed E-state index contributed by atoms with van der Waals surface area (Å²) in [6.07, 6.45) is 1.20. The molecule has 0 saturated heterocycles. The standard InChI is InChI=1S/C15H22N2O3/c1-15(2)12(8-13(15)19-3)17-9-5-6-11(16)10(7-9)14(18)20-4/h5-7,12-13,17H,8,16H2,1-4H3. The molecule has 1 fully saturated rings. The number of anilines is 2. The van der Waals surface area contributed by atoms with Crippen LogP contribution in [0.2, 0.25) is 0 Å². The number of hydrogen-bond acceptors (Lipinski definition) is 5. The van der Waals surface area contributed by atoms with Gasteiger partial charge in [0.05, 0.1) is 18.8 Å². The lowest BCUT2D eigenvalue weighted by Gasteiger charge is -2.51. The first-order chi connectivity index (χ1) is 9.40. The fourth-order valence-corrected chi connectivity index (χ4v) is 2.66. The summed E-state index contributed by atoms with van der Waals surface area (Å²) >= 11 is 0. The molecule has 1 aliphatic rings. The predicted octanol–water partition coefficient (Wildman–Crippen LogP) is 2.28. The Balaban J connectivity index is 2.14. The maximum Gasteiger partial charge on any atom is 0.340 e. The van der Waals surface area contributed by atoms with E-state index in [1.807, 2.05) is 6.07 Å². The van der Waals surface area contributed by atoms with Gasteiger partial charge >= 0.3 is 5.97 Å². The predicted molar refractivity (Wildman–Crippen MR) is 78.8 cm³/mol. The van der Waals surface area contributed by atoms with Crippen LogP contribution < -0.4 is 11.1 Å². The number of esters is 1. The van der Waals surface area contributed by atoms with Gasteiger partial charge in [0.25, 0.3) is 0 Å². The van der Waals surface area contributed by atoms with Crippen LogP contribution in [0.4, 0.5) is 11.4 Å². The molecule has 5 nitrogen and oxygen atoms in total. The Morgan fingerprint density at radius 2 is 2.10 bits per heavy atom. The fraction of sp³-hybridized carbons (Fsp3) is 0.533. The molecule has 5 heteroatoms. The van der Waals surface area contributed by atoms with E-state index < -0.39 is 5.97 Å². The van der Waals surface area contributed by atoms with Crippen molar-refractivity contribution in [2.45, 2.75) is 32.4 Å². The summed E-state index contributed by atoms with van der Waals surface area (Å²) in [5.41, 5.74) is 7.52. The monoisotopic (exact) mass is 278 g/mol. The molecule has 0 amide bonds. The minimum atomic E-state index is -0.422. The van der Waals surface area contributed by atoms with Crippen LogP contribution >= 0.6 is 0 Å². The molecule has 0 aromatic heterocycles. The quantitative estimate of drug-likeness (QED) is 0.653. The fourth-order valence-electron chi connectivity index (χ4n) is 2.66. The van der Waals surface area contributed by atoms with Gasteiger partial charge in [-0.25, -0.2) is 4.79 Å². The Bertz CT molecular complexity index is 514. The van der Waals surface area contributed by atoms with Crippen molar-refractivity contribution in [2.75, 3.05) is 25.3 Å². The van der Waals surface area contributed by atoms with Crippen LogP contribution in [-0.2, 0) is 9.47 Å². The number of methoxy groups -OCH3 is 2. The third kappa shape index (κ3) is 2.45. The van der Waals surface area contributed by atoms with Gasteiger partial charge in [0.15, 0.2) is 0 Å². The van der Waals surface area contributed by atoms with Crippen LogP contribution in [0.15, 0.2) is 18.2 Å². The molecule has 0 bridgehead atoms. The molecule has 2 unspecified atom stereocenters. The zero-order valence-corrected chi connectivity index (χ0v) is 12.4. The third-order valence-corrected chi connectivity index (χ3v) is 4.26. The lowest BCUT2D eigenvalue weighted by atomic mass is 9.64. The number of nitrogens with one attached hydrogen (secondary N) is 1. The van der Waals surface area contributed by atoms with Gasteiger partial charge in [-0.05, 0) is 24.6 Å². The van der Waals surface area contributed by atoms with E-state index in [2.05, 4.69) is 19.2 Å². The van der Waals surface area contributed by atoms with Gasteiger partial charge in [0.1, 0.15) is 0 Å². The first-order valence-corrected chi connectivity index (χ1v) is 6.67. The summed E-state index contributed by atoms with van der Waals surface area (Å²) < 4.78 is 10.2. The third-order valence-electron chi connectivity index (χ3n) is 4.26. The molecule has 2 atom stereocenters. The van der Waals surface area contributed by atoms with Gasteiger partial charge in [-0.2, -0.15) is 0 Å².